The lowest BCUT2D eigenvalue weighted by Gasteiger charge is -1.98. The fourth-order valence-electron chi connectivity index (χ4n) is 1.95. The fraction of sp³-hybridized carbons (Fsp3) is 0.455. The third kappa shape index (κ3) is 0.857. The molecule has 0 aliphatic heterocycles. The minimum Gasteiger partial charge on any atom is -0.348 e. The summed E-state index contributed by atoms with van der Waals surface area (Å²) in [7, 11) is 2.15. The van der Waals surface area contributed by atoms with Gasteiger partial charge in [0.15, 0.2) is 0 Å². The average Bonchev–Trinajstić information content (AvgIpc) is 2.33. The van der Waals surface area contributed by atoms with Crippen LogP contribution < -0.4 is 10.6 Å². The minimum atomic E-state index is 1.20. The van der Waals surface area contributed by atoms with E-state index >= 15 is 0 Å². The van der Waals surface area contributed by atoms with Crippen molar-refractivity contribution in [1.82, 2.24) is 4.57 Å². The zero-order chi connectivity index (χ0) is 8.72. The predicted molar refractivity (Wildman–Crippen MR) is 52.3 cm³/mol. The fourth-order valence-corrected chi connectivity index (χ4v) is 1.95. The molecule has 0 aromatic carbocycles. The Morgan fingerprint density at radius 2 is 1.83 bits per heavy atom. The monoisotopic (exact) mass is 161 g/mol. The second-order valence-electron chi connectivity index (χ2n) is 3.55. The van der Waals surface area contributed by atoms with Crippen LogP contribution in [0.2, 0.25) is 0 Å². The Morgan fingerprint density at radius 3 is 2.50 bits per heavy atom. The van der Waals surface area contributed by atoms with Gasteiger partial charge in [-0.3, -0.25) is 0 Å². The normalized spacial score (nSPS) is 14.9. The molecule has 1 nitrogen and oxygen atoms in total. The largest absolute Gasteiger partial charge is 0.348 e. The highest BCUT2D eigenvalue weighted by Crippen LogP contribution is 2.02. The molecule has 0 saturated carbocycles. The van der Waals surface area contributed by atoms with Crippen molar-refractivity contribution in [3.63, 3.8) is 0 Å². The maximum atomic E-state index is 2.36. The van der Waals surface area contributed by atoms with Crippen molar-refractivity contribution < 1.29 is 0 Å². The van der Waals surface area contributed by atoms with Crippen LogP contribution in [0.4, 0.5) is 0 Å². The molecule has 12 heavy (non-hydrogen) atoms. The van der Waals surface area contributed by atoms with Crippen LogP contribution in [0, 0.1) is 13.8 Å². The number of rotatable bonds is 0. The summed E-state index contributed by atoms with van der Waals surface area (Å²) in [6.45, 7) is 4.40. The van der Waals surface area contributed by atoms with E-state index in [1.54, 1.807) is 0 Å². The van der Waals surface area contributed by atoms with Crippen LogP contribution in [0.3, 0.4) is 0 Å². The standard InChI is InChI=1S/C11H15N/c1-8-9(2)12(3)11-7-5-4-6-10(8)11/h6-7H,4-5H2,1-3H3. The third-order valence-electron chi connectivity index (χ3n) is 2.94. The van der Waals surface area contributed by atoms with E-state index in [9.17, 15) is 0 Å². The second kappa shape index (κ2) is 2.51. The summed E-state index contributed by atoms with van der Waals surface area (Å²) >= 11 is 0. The molecular formula is C11H15N. The summed E-state index contributed by atoms with van der Waals surface area (Å²) in [5.74, 6) is 0. The van der Waals surface area contributed by atoms with Crippen molar-refractivity contribution >= 4 is 12.2 Å². The smallest absolute Gasteiger partial charge is 0.0438 e. The first kappa shape index (κ1) is 7.66. The van der Waals surface area contributed by atoms with Gasteiger partial charge in [0.1, 0.15) is 0 Å². The van der Waals surface area contributed by atoms with Gasteiger partial charge in [0.2, 0.25) is 0 Å². The van der Waals surface area contributed by atoms with Gasteiger partial charge in [-0.05, 0) is 37.5 Å². The molecule has 1 aliphatic rings. The predicted octanol–water partition coefficient (Wildman–Crippen LogP) is 0.997. The highest BCUT2D eigenvalue weighted by Gasteiger charge is 2.05. The molecule has 0 bridgehead atoms. The molecule has 1 aromatic heterocycles. The second-order valence-corrected chi connectivity index (χ2v) is 3.55. The van der Waals surface area contributed by atoms with Gasteiger partial charge in [-0.1, -0.05) is 12.2 Å². The van der Waals surface area contributed by atoms with Crippen molar-refractivity contribution in [3.8, 4) is 0 Å². The average molecular weight is 161 g/mol. The first-order valence-electron chi connectivity index (χ1n) is 4.54. The summed E-state index contributed by atoms with van der Waals surface area (Å²) in [4.78, 5) is 0. The van der Waals surface area contributed by atoms with E-state index in [2.05, 4.69) is 37.6 Å². The van der Waals surface area contributed by atoms with Gasteiger partial charge in [0.05, 0.1) is 0 Å². The zero-order valence-corrected chi connectivity index (χ0v) is 8.02. The Balaban J connectivity index is 2.96. The van der Waals surface area contributed by atoms with Gasteiger partial charge in [0, 0.05) is 18.1 Å². The van der Waals surface area contributed by atoms with Gasteiger partial charge in [-0.25, -0.2) is 0 Å². The molecule has 1 aliphatic carbocycles. The van der Waals surface area contributed by atoms with Crippen LogP contribution in [0.25, 0.3) is 12.2 Å². The maximum absolute atomic E-state index is 2.36. The van der Waals surface area contributed by atoms with Crippen molar-refractivity contribution in [1.29, 1.82) is 0 Å². The van der Waals surface area contributed by atoms with Gasteiger partial charge in [0.25, 0.3) is 0 Å². The van der Waals surface area contributed by atoms with Crippen LogP contribution in [0.5, 0.6) is 0 Å². The van der Waals surface area contributed by atoms with Crippen molar-refractivity contribution in [2.24, 2.45) is 7.05 Å². The van der Waals surface area contributed by atoms with E-state index in [0.717, 1.165) is 0 Å². The van der Waals surface area contributed by atoms with Crippen molar-refractivity contribution in [2.75, 3.05) is 0 Å². The molecule has 2 rings (SSSR count). The molecule has 0 N–H and O–H groups in total. The topological polar surface area (TPSA) is 4.93 Å². The lowest BCUT2D eigenvalue weighted by Crippen LogP contribution is -2.30. The molecule has 1 aromatic rings. The number of hydrogen-bond donors (Lipinski definition) is 0. The molecule has 64 valence electrons. The molecule has 0 saturated heterocycles. The lowest BCUT2D eigenvalue weighted by atomic mass is 10.1. The molecule has 1 heteroatoms. The Morgan fingerprint density at radius 1 is 1.17 bits per heavy atom. The maximum Gasteiger partial charge on any atom is 0.0438 e. The highest BCUT2D eigenvalue weighted by atomic mass is 14.9. The quantitative estimate of drug-likeness (QED) is 0.535. The van der Waals surface area contributed by atoms with Crippen LogP contribution in [0.15, 0.2) is 0 Å². The van der Waals surface area contributed by atoms with E-state index in [1.165, 1.54) is 34.7 Å². The molecule has 0 unspecified atom stereocenters. The Kier molecular flexibility index (Phi) is 1.60. The molecule has 0 radical (unpaired) electrons. The first-order valence-corrected chi connectivity index (χ1v) is 4.54. The SMILES string of the molecule is Cc1c(C)n(C)c2c1=CCCC=2. The van der Waals surface area contributed by atoms with Crippen LogP contribution in [-0.4, -0.2) is 4.57 Å². The van der Waals surface area contributed by atoms with Gasteiger partial charge in [-0.2, -0.15) is 0 Å². The lowest BCUT2D eigenvalue weighted by molar-refractivity contribution is 0.839. The van der Waals surface area contributed by atoms with Crippen LogP contribution in [0.1, 0.15) is 24.1 Å². The Hall–Kier alpha value is -0.980. The van der Waals surface area contributed by atoms with E-state index < -0.39 is 0 Å². The van der Waals surface area contributed by atoms with Crippen molar-refractivity contribution in [3.05, 3.63) is 21.8 Å². The van der Waals surface area contributed by atoms with Gasteiger partial charge in [-0.15, -0.1) is 0 Å². The minimum absolute atomic E-state index is 1.20. The van der Waals surface area contributed by atoms with Crippen LogP contribution >= 0.6 is 0 Å². The number of hydrogen-bond acceptors (Lipinski definition) is 0. The number of nitrogens with zero attached hydrogens (tertiary/aromatic N) is 1. The zero-order valence-electron chi connectivity index (χ0n) is 8.02. The van der Waals surface area contributed by atoms with E-state index in [-0.39, 0.29) is 0 Å². The summed E-state index contributed by atoms with van der Waals surface area (Å²) in [6.07, 6.45) is 7.11. The summed E-state index contributed by atoms with van der Waals surface area (Å²) in [5.41, 5.74) is 2.85. The van der Waals surface area contributed by atoms with E-state index in [0.29, 0.717) is 0 Å². The van der Waals surface area contributed by atoms with Gasteiger partial charge >= 0.3 is 0 Å². The molecule has 0 atom stereocenters. The molecule has 0 amide bonds. The Labute approximate surface area is 73.0 Å². The number of aromatic nitrogens is 1. The molecular weight excluding hydrogens is 146 g/mol. The van der Waals surface area contributed by atoms with Gasteiger partial charge < -0.3 is 4.57 Å². The first-order chi connectivity index (χ1) is 5.72. The summed E-state index contributed by atoms with van der Waals surface area (Å²) in [6, 6.07) is 0. The van der Waals surface area contributed by atoms with E-state index in [4.69, 9.17) is 0 Å². The number of fused-ring (bicyclic) bond motifs is 1. The highest BCUT2D eigenvalue weighted by molar-refractivity contribution is 5.41. The van der Waals surface area contributed by atoms with E-state index in [1.807, 2.05) is 0 Å². The van der Waals surface area contributed by atoms with Crippen LogP contribution in [-0.2, 0) is 7.05 Å². The third-order valence-corrected chi connectivity index (χ3v) is 2.94. The molecule has 0 fully saturated rings. The summed E-state index contributed by atoms with van der Waals surface area (Å²) < 4.78 is 2.29. The molecule has 1 heterocycles. The molecule has 0 spiro atoms. The van der Waals surface area contributed by atoms with Crippen molar-refractivity contribution in [2.45, 2.75) is 26.7 Å². The Bertz CT molecular complexity index is 381. The summed E-state index contributed by atoms with van der Waals surface area (Å²) in [5, 5.41) is 2.87.